The molecule has 4 rings (SSSR count). The third kappa shape index (κ3) is 6.62. The van der Waals surface area contributed by atoms with Crippen molar-refractivity contribution in [2.45, 2.75) is 23.6 Å². The number of carbonyl (C=O) groups excluding carboxylic acids is 2. The third-order valence-corrected chi connectivity index (χ3v) is 7.70. The number of hydrogen-bond acceptors (Lipinski definition) is 4. The molecule has 38 heavy (non-hydrogen) atoms. The highest BCUT2D eigenvalue weighted by atomic mass is 35.5. The topological polar surface area (TPSA) is 90.5 Å². The SMILES string of the molecule is Cc1cc(NC(=O)NC(=O)c2c(Cl)cccc2Cl)cc(C)c1Oc1ccc([S+]([O-])c2ccc(Cl)cc2)cc1. The van der Waals surface area contributed by atoms with E-state index in [1.807, 2.05) is 13.8 Å². The van der Waals surface area contributed by atoms with Crippen LogP contribution in [0.25, 0.3) is 0 Å². The Morgan fingerprint density at radius 1 is 0.816 bits per heavy atom. The fourth-order valence-corrected chi connectivity index (χ4v) is 5.40. The molecular weight excluding hydrogens is 567 g/mol. The van der Waals surface area contributed by atoms with Crippen molar-refractivity contribution in [3.8, 4) is 11.5 Å². The maximum absolute atomic E-state index is 12.8. The van der Waals surface area contributed by atoms with Crippen molar-refractivity contribution < 1.29 is 18.9 Å². The molecule has 1 atom stereocenters. The van der Waals surface area contributed by atoms with Crippen LogP contribution in [0.1, 0.15) is 21.5 Å². The quantitative estimate of drug-likeness (QED) is 0.223. The minimum atomic E-state index is -1.35. The van der Waals surface area contributed by atoms with Gasteiger partial charge < -0.3 is 14.6 Å². The van der Waals surface area contributed by atoms with Crippen LogP contribution >= 0.6 is 34.8 Å². The van der Waals surface area contributed by atoms with Crippen LogP contribution in [0.2, 0.25) is 15.1 Å². The summed E-state index contributed by atoms with van der Waals surface area (Å²) < 4.78 is 18.9. The molecule has 0 saturated carbocycles. The highest BCUT2D eigenvalue weighted by molar-refractivity contribution is 7.91. The van der Waals surface area contributed by atoms with Gasteiger partial charge in [-0.3, -0.25) is 10.1 Å². The first-order valence-corrected chi connectivity index (χ1v) is 13.5. The second-order valence-electron chi connectivity index (χ2n) is 8.24. The van der Waals surface area contributed by atoms with Gasteiger partial charge in [-0.1, -0.05) is 40.9 Å². The van der Waals surface area contributed by atoms with Crippen LogP contribution in [0.15, 0.2) is 88.7 Å². The second-order valence-corrected chi connectivity index (χ2v) is 11.0. The standard InChI is InChI=1S/C28H21Cl3N2O4S/c1-16-14-19(32-28(35)33-27(34)25-23(30)4-3-5-24(25)31)15-17(2)26(16)37-20-8-12-22(13-9-20)38(36)21-10-6-18(29)7-11-21/h3-15H,1-2H3,(H2,32,33,34,35). The molecule has 3 amide bonds. The van der Waals surface area contributed by atoms with Gasteiger partial charge in [-0.15, -0.1) is 0 Å². The van der Waals surface area contributed by atoms with Crippen molar-refractivity contribution in [3.05, 3.63) is 111 Å². The number of carbonyl (C=O) groups is 2. The summed E-state index contributed by atoms with van der Waals surface area (Å²) in [6.45, 7) is 3.67. The molecule has 0 bridgehead atoms. The number of halogens is 3. The van der Waals surface area contributed by atoms with Crippen LogP contribution < -0.4 is 15.4 Å². The van der Waals surface area contributed by atoms with Gasteiger partial charge in [-0.25, -0.2) is 4.79 Å². The summed E-state index contributed by atoms with van der Waals surface area (Å²) in [7, 11) is 0. The van der Waals surface area contributed by atoms with Gasteiger partial charge in [-0.2, -0.15) is 0 Å². The first-order chi connectivity index (χ1) is 18.1. The van der Waals surface area contributed by atoms with E-state index in [1.54, 1.807) is 66.7 Å². The lowest BCUT2D eigenvalue weighted by atomic mass is 10.1. The van der Waals surface area contributed by atoms with Crippen LogP contribution in [0.3, 0.4) is 0 Å². The van der Waals surface area contributed by atoms with Gasteiger partial charge in [0.15, 0.2) is 9.79 Å². The Labute approximate surface area is 238 Å². The molecule has 0 aromatic heterocycles. The predicted molar refractivity (Wildman–Crippen MR) is 152 cm³/mol. The maximum atomic E-state index is 12.8. The van der Waals surface area contributed by atoms with Crippen LogP contribution in [0.5, 0.6) is 11.5 Å². The fraction of sp³-hybridized carbons (Fsp3) is 0.0714. The van der Waals surface area contributed by atoms with Crippen LogP contribution in [-0.4, -0.2) is 16.5 Å². The van der Waals surface area contributed by atoms with Gasteiger partial charge in [0, 0.05) is 21.9 Å². The third-order valence-electron chi connectivity index (χ3n) is 5.42. The minimum absolute atomic E-state index is 0.0186. The lowest BCUT2D eigenvalue weighted by Gasteiger charge is -2.15. The largest absolute Gasteiger partial charge is 0.606 e. The Morgan fingerprint density at radius 3 is 1.89 bits per heavy atom. The molecule has 1 unspecified atom stereocenters. The number of aryl methyl sites for hydroxylation is 2. The van der Waals surface area contributed by atoms with Gasteiger partial charge in [0.05, 0.1) is 15.6 Å². The average molecular weight is 588 g/mol. The smallest absolute Gasteiger partial charge is 0.326 e. The van der Waals surface area contributed by atoms with E-state index < -0.39 is 23.1 Å². The molecule has 2 N–H and O–H groups in total. The number of rotatable bonds is 6. The molecule has 4 aromatic carbocycles. The van der Waals surface area contributed by atoms with Crippen LogP contribution in [0.4, 0.5) is 10.5 Å². The maximum Gasteiger partial charge on any atom is 0.326 e. The summed E-state index contributed by atoms with van der Waals surface area (Å²) in [6.07, 6.45) is 0. The fourth-order valence-electron chi connectivity index (χ4n) is 3.67. The Hall–Kier alpha value is -3.20. The Kier molecular flexibility index (Phi) is 8.87. The molecular formula is C28H21Cl3N2O4S. The monoisotopic (exact) mass is 586 g/mol. The number of hydrogen-bond donors (Lipinski definition) is 2. The molecule has 0 aliphatic rings. The predicted octanol–water partition coefficient (Wildman–Crippen LogP) is 8.18. The summed E-state index contributed by atoms with van der Waals surface area (Å²) in [5, 5.41) is 5.73. The summed E-state index contributed by atoms with van der Waals surface area (Å²) in [5.74, 6) is 0.460. The zero-order valence-corrected chi connectivity index (χ0v) is 23.3. The van der Waals surface area contributed by atoms with E-state index in [4.69, 9.17) is 39.5 Å². The van der Waals surface area contributed by atoms with Gasteiger partial charge in [0.2, 0.25) is 0 Å². The van der Waals surface area contributed by atoms with E-state index in [-0.39, 0.29) is 15.6 Å². The summed E-state index contributed by atoms with van der Waals surface area (Å²) >= 11 is 16.6. The molecule has 0 saturated heterocycles. The molecule has 0 spiro atoms. The highest BCUT2D eigenvalue weighted by Gasteiger charge is 2.18. The lowest BCUT2D eigenvalue weighted by molar-refractivity contribution is 0.0967. The summed E-state index contributed by atoms with van der Waals surface area (Å²) in [5.41, 5.74) is 2.01. The molecule has 10 heteroatoms. The van der Waals surface area contributed by atoms with E-state index in [0.29, 0.717) is 32.0 Å². The van der Waals surface area contributed by atoms with E-state index in [9.17, 15) is 14.1 Å². The zero-order valence-electron chi connectivity index (χ0n) is 20.2. The Bertz CT molecular complexity index is 1450. The van der Waals surface area contributed by atoms with E-state index in [0.717, 1.165) is 11.1 Å². The number of imide groups is 1. The van der Waals surface area contributed by atoms with E-state index >= 15 is 0 Å². The Morgan fingerprint density at radius 2 is 1.34 bits per heavy atom. The number of nitrogens with one attached hydrogen (secondary N) is 2. The van der Waals surface area contributed by atoms with Crippen molar-refractivity contribution in [1.82, 2.24) is 5.32 Å². The molecule has 0 aliphatic carbocycles. The second kappa shape index (κ2) is 12.1. The number of urea groups is 1. The van der Waals surface area contributed by atoms with Crippen LogP contribution in [-0.2, 0) is 11.2 Å². The number of benzene rings is 4. The zero-order chi connectivity index (χ0) is 27.4. The highest BCUT2D eigenvalue weighted by Crippen LogP contribution is 2.33. The number of anilines is 1. The van der Waals surface area contributed by atoms with Gasteiger partial charge in [0.25, 0.3) is 5.91 Å². The van der Waals surface area contributed by atoms with Crippen molar-refractivity contribution >= 4 is 63.6 Å². The molecule has 0 heterocycles. The van der Waals surface area contributed by atoms with Crippen molar-refractivity contribution in [1.29, 1.82) is 0 Å². The van der Waals surface area contributed by atoms with Crippen molar-refractivity contribution in [2.75, 3.05) is 5.32 Å². The first kappa shape index (κ1) is 27.8. The number of ether oxygens (including phenoxy) is 1. The molecule has 0 fully saturated rings. The van der Waals surface area contributed by atoms with E-state index in [2.05, 4.69) is 10.6 Å². The van der Waals surface area contributed by atoms with Gasteiger partial charge >= 0.3 is 6.03 Å². The van der Waals surface area contributed by atoms with Crippen molar-refractivity contribution in [2.24, 2.45) is 0 Å². The Balaban J connectivity index is 1.42. The van der Waals surface area contributed by atoms with E-state index in [1.165, 1.54) is 12.1 Å². The molecule has 0 aliphatic heterocycles. The van der Waals surface area contributed by atoms with Crippen LogP contribution in [0, 0.1) is 13.8 Å². The molecule has 4 aromatic rings. The summed E-state index contributed by atoms with van der Waals surface area (Å²) in [6, 6.07) is 21.2. The first-order valence-electron chi connectivity index (χ1n) is 11.2. The summed E-state index contributed by atoms with van der Waals surface area (Å²) in [4.78, 5) is 26.2. The minimum Gasteiger partial charge on any atom is -0.606 e. The molecule has 6 nitrogen and oxygen atoms in total. The molecule has 0 radical (unpaired) electrons. The van der Waals surface area contributed by atoms with Gasteiger partial charge in [-0.05, 0) is 97.8 Å². The van der Waals surface area contributed by atoms with Gasteiger partial charge in [0.1, 0.15) is 11.5 Å². The normalized spacial score (nSPS) is 11.5. The molecule has 194 valence electrons. The lowest BCUT2D eigenvalue weighted by Crippen LogP contribution is -2.34. The number of amides is 3. The van der Waals surface area contributed by atoms with Crippen molar-refractivity contribution in [3.63, 3.8) is 0 Å². The average Bonchev–Trinajstić information content (AvgIpc) is 2.86.